The Labute approximate surface area is 66.4 Å². The molecule has 0 saturated heterocycles. The van der Waals surface area contributed by atoms with Crippen LogP contribution in [-0.4, -0.2) is 5.78 Å². The Hall–Kier alpha value is -0.560. The topological polar surface area (TPSA) is 17.1 Å². The van der Waals surface area contributed by atoms with Gasteiger partial charge in [-0.3, -0.25) is 4.79 Å². The van der Waals surface area contributed by atoms with Crippen LogP contribution in [0.1, 0.15) is 20.3 Å². The Balaban J connectivity index is 4.02. The van der Waals surface area contributed by atoms with Crippen molar-refractivity contribution in [3.63, 3.8) is 0 Å². The summed E-state index contributed by atoms with van der Waals surface area (Å²) in [5.74, 6) is 0.0584. The van der Waals surface area contributed by atoms with E-state index in [1.165, 1.54) is 6.08 Å². The highest BCUT2D eigenvalue weighted by atomic mass is 35.5. The largest absolute Gasteiger partial charge is 0.295 e. The van der Waals surface area contributed by atoms with Crippen molar-refractivity contribution in [3.05, 3.63) is 23.3 Å². The molecule has 0 saturated carbocycles. The van der Waals surface area contributed by atoms with E-state index in [0.29, 0.717) is 11.5 Å². The molecule has 0 rings (SSSR count). The molecule has 0 radical (unpaired) electrons. The van der Waals surface area contributed by atoms with Gasteiger partial charge in [0.15, 0.2) is 5.78 Å². The predicted molar refractivity (Wildman–Crippen MR) is 44.0 cm³/mol. The number of ketones is 1. The van der Waals surface area contributed by atoms with Gasteiger partial charge in [0.1, 0.15) is 0 Å². The smallest absolute Gasteiger partial charge is 0.156 e. The number of allylic oxidation sites excluding steroid dienone is 4. The summed E-state index contributed by atoms with van der Waals surface area (Å²) in [6.45, 7) is 3.66. The van der Waals surface area contributed by atoms with E-state index in [9.17, 15) is 4.79 Å². The van der Waals surface area contributed by atoms with E-state index in [1.807, 2.05) is 6.92 Å². The quantitative estimate of drug-likeness (QED) is 0.456. The predicted octanol–water partition coefficient (Wildman–Crippen LogP) is 2.66. The van der Waals surface area contributed by atoms with Gasteiger partial charge in [-0.1, -0.05) is 24.6 Å². The third-order valence-electron chi connectivity index (χ3n) is 0.973. The van der Waals surface area contributed by atoms with Crippen molar-refractivity contribution in [1.29, 1.82) is 0 Å². The molecule has 0 aromatic carbocycles. The lowest BCUT2D eigenvalue weighted by Gasteiger charge is -1.86. The maximum absolute atomic E-state index is 10.7. The average molecular weight is 159 g/mol. The first kappa shape index (κ1) is 9.44. The summed E-state index contributed by atoms with van der Waals surface area (Å²) in [5.41, 5.74) is 0. The van der Waals surface area contributed by atoms with Crippen LogP contribution in [0.4, 0.5) is 0 Å². The number of hydrogen-bond donors (Lipinski definition) is 0. The van der Waals surface area contributed by atoms with E-state index < -0.39 is 0 Å². The van der Waals surface area contributed by atoms with Crippen LogP contribution in [0.2, 0.25) is 0 Å². The minimum Gasteiger partial charge on any atom is -0.295 e. The van der Waals surface area contributed by atoms with Gasteiger partial charge in [0, 0.05) is 11.5 Å². The molecular weight excluding hydrogens is 148 g/mol. The standard InChI is InChI=1S/C8H11ClO/c1-3-5-7(9)6-8(10)4-2/h3,5-6H,4H2,1-2H3. The molecule has 0 heterocycles. The average Bonchev–Trinajstić information content (AvgIpc) is 1.88. The Morgan fingerprint density at radius 2 is 2.20 bits per heavy atom. The van der Waals surface area contributed by atoms with E-state index in [2.05, 4.69) is 0 Å². The van der Waals surface area contributed by atoms with Crippen molar-refractivity contribution in [2.75, 3.05) is 0 Å². The normalized spacial score (nSPS) is 12.5. The zero-order valence-electron chi connectivity index (χ0n) is 6.23. The Morgan fingerprint density at radius 1 is 1.60 bits per heavy atom. The van der Waals surface area contributed by atoms with Gasteiger partial charge >= 0.3 is 0 Å². The first-order valence-electron chi connectivity index (χ1n) is 3.23. The lowest BCUT2D eigenvalue weighted by atomic mass is 10.3. The van der Waals surface area contributed by atoms with Crippen molar-refractivity contribution >= 4 is 17.4 Å². The fourth-order valence-electron chi connectivity index (χ4n) is 0.463. The molecule has 10 heavy (non-hydrogen) atoms. The molecular formula is C8H11ClO. The van der Waals surface area contributed by atoms with Gasteiger partial charge in [-0.05, 0) is 19.1 Å². The lowest BCUT2D eigenvalue weighted by Crippen LogP contribution is -1.87. The number of halogens is 1. The van der Waals surface area contributed by atoms with Gasteiger partial charge in [0.05, 0.1) is 0 Å². The minimum atomic E-state index is 0.0584. The van der Waals surface area contributed by atoms with Crippen LogP contribution in [0.5, 0.6) is 0 Å². The zero-order chi connectivity index (χ0) is 7.98. The first-order valence-corrected chi connectivity index (χ1v) is 3.61. The zero-order valence-corrected chi connectivity index (χ0v) is 6.98. The summed E-state index contributed by atoms with van der Waals surface area (Å²) in [5, 5.41) is 0.495. The van der Waals surface area contributed by atoms with Crippen LogP contribution in [0.3, 0.4) is 0 Å². The number of rotatable bonds is 3. The van der Waals surface area contributed by atoms with Crippen molar-refractivity contribution in [1.82, 2.24) is 0 Å². The summed E-state index contributed by atoms with van der Waals surface area (Å²) < 4.78 is 0. The molecule has 0 amide bonds. The molecule has 0 aliphatic heterocycles. The summed E-state index contributed by atoms with van der Waals surface area (Å²) in [4.78, 5) is 10.7. The van der Waals surface area contributed by atoms with Crippen LogP contribution in [0, 0.1) is 0 Å². The number of hydrogen-bond acceptors (Lipinski definition) is 1. The van der Waals surface area contributed by atoms with Gasteiger partial charge in [0.25, 0.3) is 0 Å². The van der Waals surface area contributed by atoms with Crippen LogP contribution in [0.25, 0.3) is 0 Å². The van der Waals surface area contributed by atoms with E-state index in [0.717, 1.165) is 0 Å². The Morgan fingerprint density at radius 3 is 2.60 bits per heavy atom. The number of carbonyl (C=O) groups excluding carboxylic acids is 1. The van der Waals surface area contributed by atoms with Gasteiger partial charge in [0.2, 0.25) is 0 Å². The molecule has 0 N–H and O–H groups in total. The highest BCUT2D eigenvalue weighted by Gasteiger charge is 1.91. The van der Waals surface area contributed by atoms with Crippen molar-refractivity contribution in [2.24, 2.45) is 0 Å². The molecule has 0 unspecified atom stereocenters. The third kappa shape index (κ3) is 4.33. The van der Waals surface area contributed by atoms with Crippen molar-refractivity contribution in [3.8, 4) is 0 Å². The molecule has 2 heteroatoms. The molecule has 1 nitrogen and oxygen atoms in total. The van der Waals surface area contributed by atoms with Crippen LogP contribution in [-0.2, 0) is 4.79 Å². The molecule has 0 atom stereocenters. The van der Waals surface area contributed by atoms with Gasteiger partial charge < -0.3 is 0 Å². The fourth-order valence-corrected chi connectivity index (χ4v) is 0.711. The van der Waals surface area contributed by atoms with E-state index in [-0.39, 0.29) is 5.78 Å². The summed E-state index contributed by atoms with van der Waals surface area (Å²) in [6.07, 6.45) is 5.42. The third-order valence-corrected chi connectivity index (χ3v) is 1.21. The fraction of sp³-hybridized carbons (Fsp3) is 0.375. The molecule has 0 bridgehead atoms. The monoisotopic (exact) mass is 158 g/mol. The maximum Gasteiger partial charge on any atom is 0.156 e. The van der Waals surface area contributed by atoms with Crippen LogP contribution >= 0.6 is 11.6 Å². The first-order chi connectivity index (χ1) is 4.70. The highest BCUT2D eigenvalue weighted by Crippen LogP contribution is 2.03. The van der Waals surface area contributed by atoms with E-state index in [4.69, 9.17) is 11.6 Å². The molecule has 0 fully saturated rings. The van der Waals surface area contributed by atoms with E-state index >= 15 is 0 Å². The van der Waals surface area contributed by atoms with Gasteiger partial charge in [-0.15, -0.1) is 0 Å². The van der Waals surface area contributed by atoms with Crippen LogP contribution in [0.15, 0.2) is 23.3 Å². The lowest BCUT2D eigenvalue weighted by molar-refractivity contribution is -0.114. The second kappa shape index (κ2) is 5.24. The molecule has 0 spiro atoms. The van der Waals surface area contributed by atoms with Crippen molar-refractivity contribution < 1.29 is 4.79 Å². The summed E-state index contributed by atoms with van der Waals surface area (Å²) >= 11 is 5.61. The molecule has 0 aliphatic carbocycles. The maximum atomic E-state index is 10.7. The Bertz CT molecular complexity index is 168. The van der Waals surface area contributed by atoms with Crippen LogP contribution < -0.4 is 0 Å². The summed E-state index contributed by atoms with van der Waals surface area (Å²) in [6, 6.07) is 0. The van der Waals surface area contributed by atoms with E-state index in [1.54, 1.807) is 19.1 Å². The van der Waals surface area contributed by atoms with Crippen molar-refractivity contribution in [2.45, 2.75) is 20.3 Å². The molecule has 0 aliphatic rings. The number of carbonyl (C=O) groups is 1. The molecule has 0 aromatic rings. The Kier molecular flexibility index (Phi) is 4.95. The van der Waals surface area contributed by atoms with Gasteiger partial charge in [-0.2, -0.15) is 0 Å². The summed E-state index contributed by atoms with van der Waals surface area (Å²) in [7, 11) is 0. The second-order valence-electron chi connectivity index (χ2n) is 1.85. The highest BCUT2D eigenvalue weighted by molar-refractivity contribution is 6.32. The SMILES string of the molecule is CC=CC(Cl)=CC(=O)CC. The van der Waals surface area contributed by atoms with Gasteiger partial charge in [-0.25, -0.2) is 0 Å². The second-order valence-corrected chi connectivity index (χ2v) is 2.29. The molecule has 0 aromatic heterocycles. The minimum absolute atomic E-state index is 0.0584. The molecule has 56 valence electrons.